The average Bonchev–Trinajstić information content (AvgIpc) is 3.11. The number of hydrogen-bond acceptors (Lipinski definition) is 10. The fourth-order valence-corrected chi connectivity index (χ4v) is 5.82. The number of piperazine rings is 1. The largest absolute Gasteiger partial charge is 0.396 e. The Balaban J connectivity index is 1.10. The molecule has 3 N–H and O–H groups in total. The van der Waals surface area contributed by atoms with Gasteiger partial charge in [0.25, 0.3) is 11.5 Å². The summed E-state index contributed by atoms with van der Waals surface area (Å²) >= 11 is 0. The minimum absolute atomic E-state index is 0.0285. The molecule has 47 heavy (non-hydrogen) atoms. The molecule has 7 rings (SSSR count). The van der Waals surface area contributed by atoms with E-state index in [0.717, 1.165) is 0 Å². The summed E-state index contributed by atoms with van der Waals surface area (Å²) in [7, 11) is 0. The van der Waals surface area contributed by atoms with Gasteiger partial charge in [0, 0.05) is 56.6 Å². The topological polar surface area (TPSA) is 146 Å². The third-order valence-electron chi connectivity index (χ3n) is 8.42. The van der Waals surface area contributed by atoms with Gasteiger partial charge in [-0.15, -0.1) is 0 Å². The molecule has 14 heteroatoms. The molecule has 0 bridgehead atoms. The fourth-order valence-electron chi connectivity index (χ4n) is 5.82. The minimum Gasteiger partial charge on any atom is -0.396 e. The number of hydrogen-bond donors (Lipinski definition) is 2. The molecule has 12 nitrogen and oxygen atoms in total. The van der Waals surface area contributed by atoms with Crippen molar-refractivity contribution in [1.29, 1.82) is 0 Å². The quantitative estimate of drug-likeness (QED) is 0.266. The smallest absolute Gasteiger partial charge is 0.272 e. The van der Waals surface area contributed by atoms with E-state index in [0.29, 0.717) is 104 Å². The van der Waals surface area contributed by atoms with Crippen LogP contribution in [0.2, 0.25) is 0 Å². The van der Waals surface area contributed by atoms with Gasteiger partial charge < -0.3 is 25.2 Å². The second-order valence-electron chi connectivity index (χ2n) is 11.4. The Morgan fingerprint density at radius 1 is 0.830 bits per heavy atom. The van der Waals surface area contributed by atoms with E-state index in [1.165, 1.54) is 18.2 Å². The van der Waals surface area contributed by atoms with Crippen LogP contribution < -0.4 is 21.1 Å². The first kappa shape index (κ1) is 30.2. The van der Waals surface area contributed by atoms with Crippen molar-refractivity contribution in [2.24, 2.45) is 0 Å². The van der Waals surface area contributed by atoms with Crippen LogP contribution in [0, 0.1) is 11.6 Å². The SMILES string of the molecule is Nc1ccc(-c2nc(N3CCOCC3)nc(N3CCN(C(=O)c4cc(Cc5n[nH]c(=O)c6ccccc56)ccc4F)CC3)n2)cc1F. The maximum atomic E-state index is 15.0. The Labute approximate surface area is 267 Å². The van der Waals surface area contributed by atoms with Gasteiger partial charge in [0.05, 0.1) is 35.5 Å². The van der Waals surface area contributed by atoms with Gasteiger partial charge in [0.15, 0.2) is 5.82 Å². The van der Waals surface area contributed by atoms with Crippen LogP contribution in [-0.2, 0) is 11.2 Å². The number of nitrogens with zero attached hydrogens (tertiary/aromatic N) is 7. The zero-order valence-corrected chi connectivity index (χ0v) is 25.3. The minimum atomic E-state index is -0.617. The van der Waals surface area contributed by atoms with Gasteiger partial charge in [-0.1, -0.05) is 24.3 Å². The lowest BCUT2D eigenvalue weighted by Crippen LogP contribution is -2.49. The average molecular weight is 640 g/mol. The molecule has 2 aliphatic rings. The third kappa shape index (κ3) is 6.19. The molecule has 4 heterocycles. The third-order valence-corrected chi connectivity index (χ3v) is 8.42. The predicted octanol–water partition coefficient (Wildman–Crippen LogP) is 3.03. The van der Waals surface area contributed by atoms with Gasteiger partial charge in [-0.3, -0.25) is 9.59 Å². The van der Waals surface area contributed by atoms with E-state index in [9.17, 15) is 14.0 Å². The van der Waals surface area contributed by atoms with Crippen molar-refractivity contribution >= 4 is 34.3 Å². The van der Waals surface area contributed by atoms with Crippen LogP contribution in [0.4, 0.5) is 26.4 Å². The molecular weight excluding hydrogens is 608 g/mol. The van der Waals surface area contributed by atoms with Crippen molar-refractivity contribution < 1.29 is 18.3 Å². The van der Waals surface area contributed by atoms with Crippen LogP contribution in [0.25, 0.3) is 22.2 Å². The van der Waals surface area contributed by atoms with E-state index in [2.05, 4.69) is 20.2 Å². The number of morpholine rings is 1. The number of amides is 1. The van der Waals surface area contributed by atoms with E-state index in [-0.39, 0.29) is 16.8 Å². The van der Waals surface area contributed by atoms with Crippen LogP contribution in [0.3, 0.4) is 0 Å². The number of nitrogens with two attached hydrogens (primary N) is 1. The summed E-state index contributed by atoms with van der Waals surface area (Å²) < 4.78 is 34.9. The fraction of sp³-hybridized carbons (Fsp3) is 0.273. The number of carbonyl (C=O) groups excluding carboxylic acids is 1. The Bertz CT molecular complexity index is 2030. The number of benzene rings is 3. The van der Waals surface area contributed by atoms with E-state index in [4.69, 9.17) is 15.5 Å². The zero-order chi connectivity index (χ0) is 32.5. The predicted molar refractivity (Wildman–Crippen MR) is 172 cm³/mol. The van der Waals surface area contributed by atoms with E-state index < -0.39 is 17.5 Å². The highest BCUT2D eigenvalue weighted by Crippen LogP contribution is 2.26. The lowest BCUT2D eigenvalue weighted by Gasteiger charge is -2.35. The highest BCUT2D eigenvalue weighted by atomic mass is 19.1. The van der Waals surface area contributed by atoms with Crippen molar-refractivity contribution in [2.75, 3.05) is 68.0 Å². The highest BCUT2D eigenvalue weighted by molar-refractivity contribution is 5.95. The number of rotatable bonds is 6. The number of aromatic nitrogens is 5. The summed E-state index contributed by atoms with van der Waals surface area (Å²) in [5.41, 5.74) is 7.16. The molecule has 1 amide bonds. The van der Waals surface area contributed by atoms with Crippen molar-refractivity contribution in [3.8, 4) is 11.4 Å². The first-order chi connectivity index (χ1) is 22.8. The lowest BCUT2D eigenvalue weighted by atomic mass is 10.0. The van der Waals surface area contributed by atoms with Crippen LogP contribution in [0.5, 0.6) is 0 Å². The van der Waals surface area contributed by atoms with Crippen LogP contribution in [0.1, 0.15) is 21.6 Å². The Morgan fingerprint density at radius 3 is 2.26 bits per heavy atom. The molecule has 0 spiro atoms. The standard InChI is InChI=1S/C33H31F2N9O3/c34-25-7-5-20(18-28-22-3-1-2-4-23(22)30(45)41-40-28)17-24(25)31(46)42-9-11-43(12-10-42)32-37-29(21-6-8-27(36)26(35)19-21)38-33(39-32)44-13-15-47-16-14-44/h1-8,17,19H,9-16,18,36H2,(H,41,45). The van der Waals surface area contributed by atoms with E-state index in [1.807, 2.05) is 21.9 Å². The molecule has 0 aliphatic carbocycles. The van der Waals surface area contributed by atoms with Crippen LogP contribution >= 0.6 is 0 Å². The molecular formula is C33H31F2N9O3. The number of H-pyrrole nitrogens is 1. The van der Waals surface area contributed by atoms with Crippen molar-refractivity contribution in [2.45, 2.75) is 6.42 Å². The molecule has 5 aromatic rings. The monoisotopic (exact) mass is 639 g/mol. The first-order valence-electron chi connectivity index (χ1n) is 15.3. The van der Waals surface area contributed by atoms with Gasteiger partial charge in [0.1, 0.15) is 11.6 Å². The van der Waals surface area contributed by atoms with Gasteiger partial charge in [-0.2, -0.15) is 20.1 Å². The maximum absolute atomic E-state index is 15.0. The molecule has 2 fully saturated rings. The molecule has 0 radical (unpaired) electrons. The summed E-state index contributed by atoms with van der Waals surface area (Å²) in [5.74, 6) is -0.455. The van der Waals surface area contributed by atoms with Gasteiger partial charge >= 0.3 is 0 Å². The number of ether oxygens (including phenoxy) is 1. The Morgan fingerprint density at radius 2 is 1.53 bits per heavy atom. The summed E-state index contributed by atoms with van der Waals surface area (Å²) in [5, 5.41) is 7.94. The molecule has 2 aliphatic heterocycles. The zero-order valence-electron chi connectivity index (χ0n) is 25.3. The molecule has 3 aromatic carbocycles. The molecule has 2 saturated heterocycles. The molecule has 0 atom stereocenters. The number of nitrogen functional groups attached to an aromatic ring is 1. The second-order valence-corrected chi connectivity index (χ2v) is 11.4. The first-order valence-corrected chi connectivity index (χ1v) is 15.3. The Hall–Kier alpha value is -5.50. The Kier molecular flexibility index (Phi) is 8.16. The maximum Gasteiger partial charge on any atom is 0.272 e. The van der Waals surface area contributed by atoms with Crippen LogP contribution in [-0.4, -0.2) is 88.4 Å². The molecule has 240 valence electrons. The van der Waals surface area contributed by atoms with Gasteiger partial charge in [-0.05, 0) is 42.0 Å². The summed E-state index contributed by atoms with van der Waals surface area (Å²) in [6.45, 7) is 3.65. The summed E-state index contributed by atoms with van der Waals surface area (Å²) in [4.78, 5) is 45.3. The number of carbonyl (C=O) groups is 1. The van der Waals surface area contributed by atoms with Gasteiger partial charge in [-0.25, -0.2) is 13.9 Å². The number of aromatic amines is 1. The van der Waals surface area contributed by atoms with Crippen LogP contribution in [0.15, 0.2) is 65.5 Å². The number of nitrogens with one attached hydrogen (secondary N) is 1. The molecule has 2 aromatic heterocycles. The normalized spacial score (nSPS) is 15.3. The molecule has 0 saturated carbocycles. The lowest BCUT2D eigenvalue weighted by molar-refractivity contribution is 0.0741. The number of halogens is 2. The van der Waals surface area contributed by atoms with Crippen molar-refractivity contribution in [3.05, 3.63) is 99.5 Å². The molecule has 0 unspecified atom stereocenters. The van der Waals surface area contributed by atoms with Crippen molar-refractivity contribution in [3.63, 3.8) is 0 Å². The highest BCUT2D eigenvalue weighted by Gasteiger charge is 2.27. The second kappa shape index (κ2) is 12.7. The number of fused-ring (bicyclic) bond motifs is 1. The van der Waals surface area contributed by atoms with Crippen molar-refractivity contribution in [1.82, 2.24) is 30.0 Å². The van der Waals surface area contributed by atoms with Gasteiger partial charge in [0.2, 0.25) is 11.9 Å². The van der Waals surface area contributed by atoms with E-state index in [1.54, 1.807) is 35.2 Å². The van der Waals surface area contributed by atoms with E-state index >= 15 is 4.39 Å². The summed E-state index contributed by atoms with van der Waals surface area (Å²) in [6.07, 6.45) is 0.302. The number of anilines is 3. The summed E-state index contributed by atoms with van der Waals surface area (Å²) in [6, 6.07) is 16.0.